The van der Waals surface area contributed by atoms with Crippen LogP contribution in [0, 0.1) is 5.82 Å². The van der Waals surface area contributed by atoms with Crippen LogP contribution in [0.4, 0.5) is 13.2 Å². The van der Waals surface area contributed by atoms with E-state index in [2.05, 4.69) is 21.7 Å². The van der Waals surface area contributed by atoms with Crippen LogP contribution >= 0.6 is 0 Å². The molecule has 5 nitrogen and oxygen atoms in total. The Bertz CT molecular complexity index is 897. The van der Waals surface area contributed by atoms with Crippen molar-refractivity contribution in [2.24, 2.45) is 0 Å². The number of carbonyl (C=O) groups excluding carboxylic acids is 1. The number of halogens is 3. The average Bonchev–Trinajstić information content (AvgIpc) is 2.98. The second-order valence-electron chi connectivity index (χ2n) is 8.36. The molecule has 2 aliphatic heterocycles. The average molecular weight is 433 g/mol. The summed E-state index contributed by atoms with van der Waals surface area (Å²) in [5.74, 6) is -0.167. The molecule has 0 aliphatic carbocycles. The van der Waals surface area contributed by atoms with E-state index in [1.165, 1.54) is 24.3 Å². The predicted molar refractivity (Wildman–Crippen MR) is 110 cm³/mol. The van der Waals surface area contributed by atoms with E-state index in [4.69, 9.17) is 0 Å². The van der Waals surface area contributed by atoms with E-state index >= 15 is 0 Å². The summed E-state index contributed by atoms with van der Waals surface area (Å²) < 4.78 is 42.6. The molecule has 0 atom stereocenters. The largest absolute Gasteiger partial charge is 0.435 e. The van der Waals surface area contributed by atoms with Crippen molar-refractivity contribution < 1.29 is 22.7 Å². The van der Waals surface area contributed by atoms with Gasteiger partial charge in [-0.1, -0.05) is 24.3 Å². The molecule has 2 aromatic carbocycles. The number of carbonyl (C=O) groups is 1. The third-order valence-electron chi connectivity index (χ3n) is 6.25. The summed E-state index contributed by atoms with van der Waals surface area (Å²) in [6, 6.07) is 12.7. The van der Waals surface area contributed by atoms with Gasteiger partial charge in [0, 0.05) is 13.0 Å². The highest BCUT2D eigenvalue weighted by atomic mass is 19.3. The van der Waals surface area contributed by atoms with Gasteiger partial charge in [-0.15, -0.1) is 0 Å². The standard InChI is InChI=1S/C23H26F3N3O2/c1-27-12-10-23(11-13-27)14-21(30)28(29(23)16-18-2-6-19(24)7-3-18)15-17-4-8-20(9-5-17)31-22(25)26/h2-9,22H,10-16H2,1H3. The minimum Gasteiger partial charge on any atom is -0.435 e. The first-order chi connectivity index (χ1) is 14.8. The molecule has 0 N–H and O–H groups in total. The molecule has 0 radical (unpaired) electrons. The van der Waals surface area contributed by atoms with Gasteiger partial charge in [-0.2, -0.15) is 8.78 Å². The fourth-order valence-electron chi connectivity index (χ4n) is 4.46. The highest BCUT2D eigenvalue weighted by molar-refractivity contribution is 5.79. The van der Waals surface area contributed by atoms with Crippen LogP contribution in [-0.2, 0) is 17.9 Å². The molecule has 2 heterocycles. The summed E-state index contributed by atoms with van der Waals surface area (Å²) in [6.45, 7) is -0.225. The molecule has 4 rings (SSSR count). The summed E-state index contributed by atoms with van der Waals surface area (Å²) in [5, 5.41) is 3.90. The van der Waals surface area contributed by atoms with Gasteiger partial charge in [0.25, 0.3) is 0 Å². The van der Waals surface area contributed by atoms with Crippen LogP contribution in [0.25, 0.3) is 0 Å². The fraction of sp³-hybridized carbons (Fsp3) is 0.435. The maximum Gasteiger partial charge on any atom is 0.387 e. The van der Waals surface area contributed by atoms with Gasteiger partial charge in [-0.25, -0.2) is 9.40 Å². The van der Waals surface area contributed by atoms with Crippen LogP contribution in [0.3, 0.4) is 0 Å². The molecule has 1 amide bonds. The highest BCUT2D eigenvalue weighted by Gasteiger charge is 2.50. The van der Waals surface area contributed by atoms with Gasteiger partial charge in [0.15, 0.2) is 0 Å². The molecule has 0 unspecified atom stereocenters. The van der Waals surface area contributed by atoms with Gasteiger partial charge in [-0.3, -0.25) is 9.80 Å². The van der Waals surface area contributed by atoms with Gasteiger partial charge < -0.3 is 9.64 Å². The first-order valence-corrected chi connectivity index (χ1v) is 10.4. The zero-order chi connectivity index (χ0) is 22.0. The number of hydrogen-bond donors (Lipinski definition) is 0. The zero-order valence-corrected chi connectivity index (χ0v) is 17.4. The van der Waals surface area contributed by atoms with E-state index in [-0.39, 0.29) is 23.0 Å². The van der Waals surface area contributed by atoms with Crippen molar-refractivity contribution in [2.75, 3.05) is 20.1 Å². The predicted octanol–water partition coefficient (Wildman–Crippen LogP) is 4.04. The molecule has 2 saturated heterocycles. The zero-order valence-electron chi connectivity index (χ0n) is 17.4. The number of hydrazine groups is 1. The second kappa shape index (κ2) is 8.88. The Morgan fingerprint density at radius 3 is 2.16 bits per heavy atom. The minimum atomic E-state index is -2.87. The van der Waals surface area contributed by atoms with Gasteiger partial charge in [-0.05, 0) is 68.4 Å². The lowest BCUT2D eigenvalue weighted by molar-refractivity contribution is -0.145. The Kier molecular flexibility index (Phi) is 6.20. The van der Waals surface area contributed by atoms with Crippen molar-refractivity contribution in [3.63, 3.8) is 0 Å². The SMILES string of the molecule is CN1CCC2(CC1)CC(=O)N(Cc1ccc(OC(F)F)cc1)N2Cc1ccc(F)cc1. The van der Waals surface area contributed by atoms with E-state index in [0.717, 1.165) is 37.1 Å². The van der Waals surface area contributed by atoms with Crippen molar-refractivity contribution in [3.05, 3.63) is 65.5 Å². The quantitative estimate of drug-likeness (QED) is 0.689. The summed E-state index contributed by atoms with van der Waals surface area (Å²) in [6.07, 6.45) is 2.18. The number of nitrogens with zero attached hydrogens (tertiary/aromatic N) is 3. The van der Waals surface area contributed by atoms with Crippen LogP contribution in [0.5, 0.6) is 5.75 Å². The Morgan fingerprint density at radius 1 is 0.968 bits per heavy atom. The number of hydrogen-bond acceptors (Lipinski definition) is 4. The maximum absolute atomic E-state index is 13.4. The molecule has 1 spiro atoms. The van der Waals surface area contributed by atoms with Crippen molar-refractivity contribution >= 4 is 5.91 Å². The van der Waals surface area contributed by atoms with Crippen molar-refractivity contribution in [2.45, 2.75) is 44.5 Å². The number of alkyl halides is 2. The van der Waals surface area contributed by atoms with Crippen molar-refractivity contribution in [3.8, 4) is 5.75 Å². The number of ether oxygens (including phenoxy) is 1. The van der Waals surface area contributed by atoms with E-state index < -0.39 is 6.61 Å². The summed E-state index contributed by atoms with van der Waals surface area (Å²) >= 11 is 0. The van der Waals surface area contributed by atoms with Crippen molar-refractivity contribution in [1.82, 2.24) is 14.9 Å². The number of rotatable bonds is 6. The molecular weight excluding hydrogens is 407 g/mol. The molecule has 8 heteroatoms. The normalized spacial score (nSPS) is 19.5. The number of benzene rings is 2. The first kappa shape index (κ1) is 21.6. The Labute approximate surface area is 180 Å². The smallest absolute Gasteiger partial charge is 0.387 e. The third-order valence-corrected chi connectivity index (χ3v) is 6.25. The Morgan fingerprint density at radius 2 is 1.55 bits per heavy atom. The molecule has 0 saturated carbocycles. The molecule has 166 valence electrons. The van der Waals surface area contributed by atoms with E-state index in [1.807, 2.05) is 0 Å². The van der Waals surface area contributed by atoms with Gasteiger partial charge >= 0.3 is 6.61 Å². The molecule has 0 bridgehead atoms. The highest BCUT2D eigenvalue weighted by Crippen LogP contribution is 2.41. The summed E-state index contributed by atoms with van der Waals surface area (Å²) in [5.41, 5.74) is 1.49. The molecule has 2 aliphatic rings. The topological polar surface area (TPSA) is 36.0 Å². The first-order valence-electron chi connectivity index (χ1n) is 10.4. The van der Waals surface area contributed by atoms with Gasteiger partial charge in [0.2, 0.25) is 5.91 Å². The number of amides is 1. The minimum absolute atomic E-state index is 0.0413. The van der Waals surface area contributed by atoms with Gasteiger partial charge in [0.05, 0.1) is 12.1 Å². The van der Waals surface area contributed by atoms with Crippen LogP contribution in [-0.4, -0.2) is 53.1 Å². The summed E-state index contributed by atoms with van der Waals surface area (Å²) in [4.78, 5) is 15.3. The van der Waals surface area contributed by atoms with Crippen LogP contribution < -0.4 is 4.74 Å². The monoisotopic (exact) mass is 433 g/mol. The van der Waals surface area contributed by atoms with Crippen LogP contribution in [0.2, 0.25) is 0 Å². The molecule has 0 aromatic heterocycles. The molecule has 2 aromatic rings. The van der Waals surface area contributed by atoms with Gasteiger partial charge in [0.1, 0.15) is 11.6 Å². The maximum atomic E-state index is 13.4. The van der Waals surface area contributed by atoms with E-state index in [1.54, 1.807) is 29.3 Å². The second-order valence-corrected chi connectivity index (χ2v) is 8.36. The van der Waals surface area contributed by atoms with Crippen LogP contribution in [0.15, 0.2) is 48.5 Å². The number of likely N-dealkylation sites (tertiary alicyclic amines) is 1. The van der Waals surface area contributed by atoms with E-state index in [9.17, 15) is 18.0 Å². The lowest BCUT2D eigenvalue weighted by atomic mass is 9.84. The van der Waals surface area contributed by atoms with Crippen molar-refractivity contribution in [1.29, 1.82) is 0 Å². The van der Waals surface area contributed by atoms with Crippen LogP contribution in [0.1, 0.15) is 30.4 Å². The Hall–Kier alpha value is -2.58. The Balaban J connectivity index is 1.57. The third kappa shape index (κ3) is 4.85. The molecule has 31 heavy (non-hydrogen) atoms. The van der Waals surface area contributed by atoms with E-state index in [0.29, 0.717) is 19.5 Å². The number of piperidine rings is 1. The lowest BCUT2D eigenvalue weighted by Crippen LogP contribution is -2.54. The fourth-order valence-corrected chi connectivity index (χ4v) is 4.46. The summed E-state index contributed by atoms with van der Waals surface area (Å²) in [7, 11) is 2.08. The molecule has 2 fully saturated rings. The lowest BCUT2D eigenvalue weighted by Gasteiger charge is -2.45. The molecular formula is C23H26F3N3O2.